The highest BCUT2D eigenvalue weighted by Gasteiger charge is 2.49. The lowest BCUT2D eigenvalue weighted by Gasteiger charge is -2.37. The van der Waals surface area contributed by atoms with Gasteiger partial charge in [-0.1, -0.05) is 6.07 Å². The van der Waals surface area contributed by atoms with Crippen molar-refractivity contribution >= 4 is 24.1 Å². The number of fused-ring (bicyclic) bond motifs is 1. The van der Waals surface area contributed by atoms with E-state index in [0.29, 0.717) is 5.96 Å². The number of likely N-dealkylation sites (N-methyl/N-ethyl adjacent to an activating group) is 1. The predicted molar refractivity (Wildman–Crippen MR) is 88.3 cm³/mol. The molecular weight excluding hydrogens is 310 g/mol. The number of imide groups is 1. The highest BCUT2D eigenvalue weighted by molar-refractivity contribution is 6.03. The van der Waals surface area contributed by atoms with Crippen molar-refractivity contribution in [3.05, 3.63) is 30.1 Å². The highest BCUT2D eigenvalue weighted by Crippen LogP contribution is 2.25. The fourth-order valence-corrected chi connectivity index (χ4v) is 2.75. The molecule has 0 spiro atoms. The molecule has 1 aromatic rings. The van der Waals surface area contributed by atoms with E-state index >= 15 is 0 Å². The lowest BCUT2D eigenvalue weighted by molar-refractivity contribution is -0.127. The number of pyridine rings is 1. The molecular formula is C15H19N7O2. The Morgan fingerprint density at radius 3 is 2.88 bits per heavy atom. The van der Waals surface area contributed by atoms with Crippen LogP contribution >= 0.6 is 0 Å². The summed E-state index contributed by atoms with van der Waals surface area (Å²) in [6, 6.07) is 2.67. The van der Waals surface area contributed by atoms with E-state index in [1.165, 1.54) is 4.90 Å². The second-order valence-electron chi connectivity index (χ2n) is 5.87. The number of hydrazone groups is 1. The normalized spacial score (nSPS) is 23.6. The lowest BCUT2D eigenvalue weighted by Crippen LogP contribution is -2.65. The van der Waals surface area contributed by atoms with Gasteiger partial charge in [0.05, 0.1) is 6.21 Å². The number of amides is 3. The van der Waals surface area contributed by atoms with E-state index in [-0.39, 0.29) is 11.9 Å². The summed E-state index contributed by atoms with van der Waals surface area (Å²) in [6.07, 6.45) is 4.42. The molecule has 3 rings (SSSR count). The molecule has 0 aromatic carbocycles. The average molecular weight is 329 g/mol. The van der Waals surface area contributed by atoms with Crippen LogP contribution in [0.25, 0.3) is 0 Å². The third kappa shape index (κ3) is 2.80. The number of hydrogen-bond acceptors (Lipinski definition) is 7. The number of guanidine groups is 1. The van der Waals surface area contributed by atoms with Gasteiger partial charge in [-0.3, -0.25) is 15.1 Å². The number of carbonyl (C=O) groups excluding carboxylic acids is 2. The molecule has 1 saturated heterocycles. The van der Waals surface area contributed by atoms with Crippen LogP contribution in [0.2, 0.25) is 0 Å². The molecule has 1 fully saturated rings. The third-order valence-electron chi connectivity index (χ3n) is 3.92. The number of carbonyl (C=O) groups is 2. The molecule has 0 aliphatic carbocycles. The summed E-state index contributed by atoms with van der Waals surface area (Å²) in [5.41, 5.74) is 3.71. The quantitative estimate of drug-likeness (QED) is 0.598. The summed E-state index contributed by atoms with van der Waals surface area (Å²) in [5.74, 6) is 0.102. The van der Waals surface area contributed by atoms with E-state index in [2.05, 4.69) is 25.8 Å². The third-order valence-corrected chi connectivity index (χ3v) is 3.92. The van der Waals surface area contributed by atoms with Gasteiger partial charge in [-0.25, -0.2) is 15.2 Å². The largest absolute Gasteiger partial charge is 0.325 e. The van der Waals surface area contributed by atoms with Gasteiger partial charge in [0.1, 0.15) is 0 Å². The Labute approximate surface area is 139 Å². The predicted octanol–water partition coefficient (Wildman–Crippen LogP) is -0.0386. The van der Waals surface area contributed by atoms with Crippen molar-refractivity contribution in [3.8, 4) is 0 Å². The van der Waals surface area contributed by atoms with Crippen LogP contribution in [-0.4, -0.2) is 64.2 Å². The van der Waals surface area contributed by atoms with E-state index in [9.17, 15) is 9.59 Å². The fourth-order valence-electron chi connectivity index (χ4n) is 2.75. The number of nitrogens with one attached hydrogen (secondary N) is 2. The first-order chi connectivity index (χ1) is 11.5. The van der Waals surface area contributed by atoms with Gasteiger partial charge < -0.3 is 9.80 Å². The van der Waals surface area contributed by atoms with E-state index in [1.807, 2.05) is 30.9 Å². The summed E-state index contributed by atoms with van der Waals surface area (Å²) in [7, 11) is 1.61. The second kappa shape index (κ2) is 6.26. The molecule has 2 N–H and O–H groups in total. The SMILES string of the molecule is CC(C)N1C(N/N=C/c2cccnc2)=NC2C1C(=O)NC(=O)N2C. The van der Waals surface area contributed by atoms with Crippen molar-refractivity contribution in [3.63, 3.8) is 0 Å². The Bertz CT molecular complexity index is 701. The Balaban J connectivity index is 1.81. The maximum Gasteiger partial charge on any atom is 0.325 e. The van der Waals surface area contributed by atoms with Crippen LogP contribution in [0, 0.1) is 0 Å². The second-order valence-corrected chi connectivity index (χ2v) is 5.87. The zero-order valence-corrected chi connectivity index (χ0v) is 13.7. The first kappa shape index (κ1) is 15.9. The van der Waals surface area contributed by atoms with E-state index in [1.54, 1.807) is 25.7 Å². The van der Waals surface area contributed by atoms with Crippen molar-refractivity contribution in [1.82, 2.24) is 25.5 Å². The van der Waals surface area contributed by atoms with Gasteiger partial charge in [-0.15, -0.1) is 0 Å². The topological polar surface area (TPSA) is 102 Å². The zero-order chi connectivity index (χ0) is 17.3. The molecule has 2 unspecified atom stereocenters. The van der Waals surface area contributed by atoms with E-state index in [0.717, 1.165) is 5.56 Å². The van der Waals surface area contributed by atoms with Crippen LogP contribution in [0.1, 0.15) is 19.4 Å². The first-order valence-electron chi connectivity index (χ1n) is 7.62. The monoisotopic (exact) mass is 329 g/mol. The number of hydrogen-bond donors (Lipinski definition) is 2. The minimum Gasteiger partial charge on any atom is -0.323 e. The van der Waals surface area contributed by atoms with E-state index < -0.39 is 18.2 Å². The number of urea groups is 1. The standard InChI is InChI=1S/C15H19N7O2/c1-9(2)22-11-12(21(3)15(24)19-13(11)23)18-14(22)20-17-8-10-5-4-6-16-7-10/h4-9,11-12H,1-3H3,(H,18,20)(H,19,23,24)/b17-8+. The van der Waals surface area contributed by atoms with Crippen LogP contribution < -0.4 is 10.7 Å². The van der Waals surface area contributed by atoms with Crippen molar-refractivity contribution in [2.45, 2.75) is 32.1 Å². The van der Waals surface area contributed by atoms with Gasteiger partial charge in [-0.05, 0) is 19.9 Å². The zero-order valence-electron chi connectivity index (χ0n) is 13.7. The minimum atomic E-state index is -0.566. The molecule has 24 heavy (non-hydrogen) atoms. The molecule has 9 nitrogen and oxygen atoms in total. The summed E-state index contributed by atoms with van der Waals surface area (Å²) < 4.78 is 0. The molecule has 2 aliphatic rings. The smallest absolute Gasteiger partial charge is 0.323 e. The molecule has 126 valence electrons. The number of aromatic nitrogens is 1. The van der Waals surface area contributed by atoms with Crippen LogP contribution in [0.4, 0.5) is 4.79 Å². The van der Waals surface area contributed by atoms with Gasteiger partial charge in [0.15, 0.2) is 12.2 Å². The van der Waals surface area contributed by atoms with Crippen molar-refractivity contribution in [2.24, 2.45) is 10.1 Å². The molecule has 2 atom stereocenters. The van der Waals surface area contributed by atoms with Gasteiger partial charge in [0, 0.05) is 31.0 Å². The number of rotatable bonds is 3. The maximum atomic E-state index is 12.2. The summed E-state index contributed by atoms with van der Waals surface area (Å²) >= 11 is 0. The fraction of sp³-hybridized carbons (Fsp3) is 0.400. The Kier molecular flexibility index (Phi) is 4.15. The van der Waals surface area contributed by atoms with Gasteiger partial charge in [0.2, 0.25) is 5.96 Å². The maximum absolute atomic E-state index is 12.2. The molecule has 0 bridgehead atoms. The molecule has 2 aliphatic heterocycles. The Morgan fingerprint density at radius 2 is 2.21 bits per heavy atom. The van der Waals surface area contributed by atoms with Crippen LogP contribution in [0.3, 0.4) is 0 Å². The van der Waals surface area contributed by atoms with Crippen LogP contribution in [0.5, 0.6) is 0 Å². The van der Waals surface area contributed by atoms with Gasteiger partial charge in [0.25, 0.3) is 5.91 Å². The van der Waals surface area contributed by atoms with Crippen molar-refractivity contribution < 1.29 is 9.59 Å². The molecule has 1 aromatic heterocycles. The van der Waals surface area contributed by atoms with Crippen molar-refractivity contribution in [1.29, 1.82) is 0 Å². The number of aliphatic imine (C=N–C) groups is 1. The number of nitrogens with zero attached hydrogens (tertiary/aromatic N) is 5. The average Bonchev–Trinajstić information content (AvgIpc) is 2.94. The molecule has 3 amide bonds. The van der Waals surface area contributed by atoms with E-state index in [4.69, 9.17) is 0 Å². The molecule has 9 heteroatoms. The van der Waals surface area contributed by atoms with Crippen LogP contribution in [0.15, 0.2) is 34.6 Å². The van der Waals surface area contributed by atoms with Gasteiger partial charge in [-0.2, -0.15) is 5.10 Å². The summed E-state index contributed by atoms with van der Waals surface area (Å²) in [4.78, 5) is 35.7. The Morgan fingerprint density at radius 1 is 1.42 bits per heavy atom. The van der Waals surface area contributed by atoms with Crippen LogP contribution in [-0.2, 0) is 4.79 Å². The molecule has 0 saturated carbocycles. The summed E-state index contributed by atoms with van der Waals surface area (Å²) in [5, 5.41) is 6.51. The van der Waals surface area contributed by atoms with Gasteiger partial charge >= 0.3 is 6.03 Å². The highest BCUT2D eigenvalue weighted by atomic mass is 16.2. The van der Waals surface area contributed by atoms with Crippen molar-refractivity contribution in [2.75, 3.05) is 7.05 Å². The first-order valence-corrected chi connectivity index (χ1v) is 7.62. The molecule has 3 heterocycles. The minimum absolute atomic E-state index is 0.00666. The molecule has 0 radical (unpaired) electrons. The Hall–Kier alpha value is -2.97. The lowest BCUT2D eigenvalue weighted by atomic mass is 10.1. The summed E-state index contributed by atoms with van der Waals surface area (Å²) in [6.45, 7) is 3.90.